The van der Waals surface area contributed by atoms with Crippen LogP contribution in [0.15, 0.2) is 34.9 Å². The van der Waals surface area contributed by atoms with Crippen molar-refractivity contribution in [1.82, 2.24) is 5.16 Å². The van der Waals surface area contributed by atoms with Crippen LogP contribution in [0.3, 0.4) is 0 Å². The average molecular weight is 302 g/mol. The quantitative estimate of drug-likeness (QED) is 0.812. The second-order valence-corrected chi connectivity index (χ2v) is 6.11. The molecule has 0 amide bonds. The molecular weight excluding hydrogens is 290 g/mol. The maximum absolute atomic E-state index is 11.0. The molecule has 0 spiro atoms. The van der Waals surface area contributed by atoms with E-state index in [2.05, 4.69) is 5.16 Å². The highest BCUT2D eigenvalue weighted by Gasteiger charge is 2.17. The molecule has 0 aliphatic heterocycles. The third-order valence-corrected chi connectivity index (χ3v) is 3.25. The highest BCUT2D eigenvalue weighted by molar-refractivity contribution is 7.86. The van der Waals surface area contributed by atoms with Gasteiger partial charge in [-0.15, -0.1) is 0 Å². The minimum Gasteiger partial charge on any atom is -0.356 e. The molecule has 0 aliphatic carbocycles. The summed E-state index contributed by atoms with van der Waals surface area (Å²) in [5, 5.41) is 4.38. The van der Waals surface area contributed by atoms with Crippen molar-refractivity contribution in [2.24, 2.45) is 0 Å². The van der Waals surface area contributed by atoms with Crippen LogP contribution in [-0.2, 0) is 14.3 Å². The van der Waals surface area contributed by atoms with Crippen LogP contribution in [-0.4, -0.2) is 19.8 Å². The fourth-order valence-electron chi connectivity index (χ4n) is 1.57. The first-order chi connectivity index (χ1) is 8.85. The third-order valence-electron chi connectivity index (χ3n) is 2.37. The Morgan fingerprint density at radius 3 is 2.74 bits per heavy atom. The molecule has 7 heteroatoms. The third kappa shape index (κ3) is 3.79. The van der Waals surface area contributed by atoms with Crippen molar-refractivity contribution in [1.29, 1.82) is 0 Å². The molecule has 0 saturated carbocycles. The van der Waals surface area contributed by atoms with Gasteiger partial charge in [-0.25, -0.2) is 0 Å². The van der Waals surface area contributed by atoms with Crippen LogP contribution in [0.1, 0.15) is 18.7 Å². The molecule has 0 fully saturated rings. The van der Waals surface area contributed by atoms with Gasteiger partial charge >= 0.3 is 0 Å². The Morgan fingerprint density at radius 1 is 1.37 bits per heavy atom. The summed E-state index contributed by atoms with van der Waals surface area (Å²) in [5.74, 6) is 0.501. The molecule has 1 aromatic carbocycles. The van der Waals surface area contributed by atoms with E-state index in [0.717, 1.165) is 11.8 Å². The summed E-state index contributed by atoms with van der Waals surface area (Å²) in [5.41, 5.74) is 1.17. The molecule has 1 aromatic heterocycles. The Labute approximate surface area is 116 Å². The Hall–Kier alpha value is -1.37. The van der Waals surface area contributed by atoms with Crippen LogP contribution >= 0.6 is 11.6 Å². The fraction of sp³-hybridized carbons (Fsp3) is 0.250. The van der Waals surface area contributed by atoms with E-state index in [4.69, 9.17) is 20.3 Å². The number of hydrogen-bond donors (Lipinski definition) is 0. The van der Waals surface area contributed by atoms with Crippen molar-refractivity contribution in [3.8, 4) is 11.3 Å². The van der Waals surface area contributed by atoms with Gasteiger partial charge < -0.3 is 4.52 Å². The Morgan fingerprint density at radius 2 is 2.11 bits per heavy atom. The number of rotatable bonds is 4. The maximum Gasteiger partial charge on any atom is 0.265 e. The number of aromatic nitrogens is 1. The van der Waals surface area contributed by atoms with E-state index < -0.39 is 16.2 Å². The van der Waals surface area contributed by atoms with Gasteiger partial charge in [0, 0.05) is 16.7 Å². The molecule has 1 heterocycles. The Kier molecular flexibility index (Phi) is 3.93. The van der Waals surface area contributed by atoms with Gasteiger partial charge in [0.15, 0.2) is 5.76 Å². The summed E-state index contributed by atoms with van der Waals surface area (Å²) in [6.07, 6.45) is 0.285. The van der Waals surface area contributed by atoms with Crippen LogP contribution in [0.5, 0.6) is 0 Å². The van der Waals surface area contributed by atoms with Gasteiger partial charge in [0.05, 0.1) is 6.26 Å². The first-order valence-corrected chi connectivity index (χ1v) is 7.65. The predicted octanol–water partition coefficient (Wildman–Crippen LogP) is 3.03. The smallest absolute Gasteiger partial charge is 0.265 e. The monoisotopic (exact) mass is 301 g/mol. The Balaban J connectivity index is 2.24. The normalized spacial score (nSPS) is 13.4. The molecule has 102 valence electrons. The molecule has 0 bridgehead atoms. The van der Waals surface area contributed by atoms with Crippen LogP contribution < -0.4 is 0 Å². The second-order valence-electron chi connectivity index (χ2n) is 4.07. The molecule has 19 heavy (non-hydrogen) atoms. The van der Waals surface area contributed by atoms with E-state index in [0.29, 0.717) is 16.5 Å². The van der Waals surface area contributed by atoms with Crippen molar-refractivity contribution in [2.45, 2.75) is 13.0 Å². The Bertz CT molecular complexity index is 681. The summed E-state index contributed by atoms with van der Waals surface area (Å²) in [6.45, 7) is 1.58. The summed E-state index contributed by atoms with van der Waals surface area (Å²) in [7, 11) is -3.54. The molecule has 2 rings (SSSR count). The van der Waals surface area contributed by atoms with Crippen molar-refractivity contribution >= 4 is 21.7 Å². The van der Waals surface area contributed by atoms with Crippen molar-refractivity contribution in [3.63, 3.8) is 0 Å². The van der Waals surface area contributed by atoms with Gasteiger partial charge in [0.25, 0.3) is 10.1 Å². The molecule has 0 saturated heterocycles. The van der Waals surface area contributed by atoms with Gasteiger partial charge in [0.1, 0.15) is 11.8 Å². The second kappa shape index (κ2) is 5.32. The lowest BCUT2D eigenvalue weighted by Gasteiger charge is -2.06. The van der Waals surface area contributed by atoms with E-state index in [1.807, 2.05) is 6.07 Å². The molecule has 1 atom stereocenters. The predicted molar refractivity (Wildman–Crippen MR) is 71.3 cm³/mol. The largest absolute Gasteiger partial charge is 0.356 e. The van der Waals surface area contributed by atoms with Crippen molar-refractivity contribution < 1.29 is 17.1 Å². The van der Waals surface area contributed by atoms with Gasteiger partial charge in [-0.05, 0) is 19.1 Å². The topological polar surface area (TPSA) is 69.4 Å². The maximum atomic E-state index is 11.0. The molecule has 0 radical (unpaired) electrons. The molecular formula is C12H12ClNO4S. The average Bonchev–Trinajstić information content (AvgIpc) is 2.75. The van der Waals surface area contributed by atoms with E-state index in [1.54, 1.807) is 31.2 Å². The lowest BCUT2D eigenvalue weighted by molar-refractivity contribution is 0.224. The summed E-state index contributed by atoms with van der Waals surface area (Å²) >= 11 is 5.89. The molecule has 0 N–H and O–H groups in total. The van der Waals surface area contributed by atoms with Crippen LogP contribution in [0.2, 0.25) is 5.02 Å². The minimum atomic E-state index is -3.54. The SMILES string of the molecule is CC(OS(C)(=O)=O)c1cc(-c2cccc(Cl)c2)on1. The van der Waals surface area contributed by atoms with E-state index in [1.165, 1.54) is 0 Å². The van der Waals surface area contributed by atoms with E-state index >= 15 is 0 Å². The highest BCUT2D eigenvalue weighted by atomic mass is 35.5. The minimum absolute atomic E-state index is 0.403. The van der Waals surface area contributed by atoms with Crippen LogP contribution in [0.25, 0.3) is 11.3 Å². The zero-order valence-electron chi connectivity index (χ0n) is 10.3. The lowest BCUT2D eigenvalue weighted by atomic mass is 10.1. The number of hydrogen-bond acceptors (Lipinski definition) is 5. The van der Waals surface area contributed by atoms with E-state index in [-0.39, 0.29) is 0 Å². The lowest BCUT2D eigenvalue weighted by Crippen LogP contribution is -2.07. The van der Waals surface area contributed by atoms with Gasteiger partial charge in [-0.1, -0.05) is 28.9 Å². The van der Waals surface area contributed by atoms with Crippen LogP contribution in [0, 0.1) is 0 Å². The first-order valence-electron chi connectivity index (χ1n) is 5.46. The van der Waals surface area contributed by atoms with E-state index in [9.17, 15) is 8.42 Å². The van der Waals surface area contributed by atoms with Crippen molar-refractivity contribution in [2.75, 3.05) is 6.26 Å². The highest BCUT2D eigenvalue weighted by Crippen LogP contribution is 2.26. The molecule has 0 aliphatic rings. The standard InChI is InChI=1S/C12H12ClNO4S/c1-8(18-19(2,15)16)11-7-12(17-14-11)9-4-3-5-10(13)6-9/h3-8H,1-2H3. The first kappa shape index (κ1) is 14.0. The summed E-state index contributed by atoms with van der Waals surface area (Å²) in [6, 6.07) is 8.71. The molecule has 2 aromatic rings. The zero-order valence-corrected chi connectivity index (χ0v) is 11.9. The fourth-order valence-corrected chi connectivity index (χ4v) is 2.38. The van der Waals surface area contributed by atoms with Crippen LogP contribution in [0.4, 0.5) is 0 Å². The van der Waals surface area contributed by atoms with Gasteiger partial charge in [-0.3, -0.25) is 4.18 Å². The summed E-state index contributed by atoms with van der Waals surface area (Å²) < 4.78 is 32.1. The molecule has 5 nitrogen and oxygen atoms in total. The number of benzene rings is 1. The zero-order chi connectivity index (χ0) is 14.0. The summed E-state index contributed by atoms with van der Waals surface area (Å²) in [4.78, 5) is 0. The van der Waals surface area contributed by atoms with Gasteiger partial charge in [0.2, 0.25) is 0 Å². The number of nitrogens with zero attached hydrogens (tertiary/aromatic N) is 1. The number of halogens is 1. The molecule has 1 unspecified atom stereocenters. The van der Waals surface area contributed by atoms with Gasteiger partial charge in [-0.2, -0.15) is 8.42 Å². The van der Waals surface area contributed by atoms with Crippen molar-refractivity contribution in [3.05, 3.63) is 41.0 Å².